The number of hydrogen-bond donors (Lipinski definition) is 1. The van der Waals surface area contributed by atoms with Crippen LogP contribution in [0, 0.1) is 5.92 Å². The van der Waals surface area contributed by atoms with Gasteiger partial charge in [0.05, 0.1) is 18.8 Å². The topological polar surface area (TPSA) is 38.6 Å². The predicted octanol–water partition coefficient (Wildman–Crippen LogP) is 1.10. The van der Waals surface area contributed by atoms with Crippen molar-refractivity contribution in [3.8, 4) is 5.88 Å². The lowest BCUT2D eigenvalue weighted by Gasteiger charge is -2.26. The van der Waals surface area contributed by atoms with Crippen LogP contribution in [0.4, 0.5) is 0 Å². The Kier molecular flexibility index (Phi) is 2.29. The van der Waals surface area contributed by atoms with E-state index < -0.39 is 0 Å². The van der Waals surface area contributed by atoms with E-state index in [-0.39, 0.29) is 0 Å². The van der Waals surface area contributed by atoms with Crippen molar-refractivity contribution < 1.29 is 4.74 Å². The molecule has 0 bridgehead atoms. The van der Waals surface area contributed by atoms with Gasteiger partial charge in [-0.15, -0.1) is 0 Å². The maximum atomic E-state index is 5.37. The van der Waals surface area contributed by atoms with Gasteiger partial charge in [0.25, 0.3) is 0 Å². The first-order valence-corrected chi connectivity index (χ1v) is 5.58. The van der Waals surface area contributed by atoms with Crippen molar-refractivity contribution in [3.05, 3.63) is 30.2 Å². The lowest BCUT2D eigenvalue weighted by Crippen LogP contribution is -2.43. The Balaban J connectivity index is 2.02. The molecule has 0 unspecified atom stereocenters. The summed E-state index contributed by atoms with van der Waals surface area (Å²) in [5.41, 5.74) is 1.10. The van der Waals surface area contributed by atoms with Crippen LogP contribution in [0.15, 0.2) is 24.4 Å². The number of pyridine rings is 1. The van der Waals surface area contributed by atoms with Crippen LogP contribution >= 0.6 is 0 Å². The van der Waals surface area contributed by atoms with Gasteiger partial charge in [-0.3, -0.25) is 4.40 Å². The van der Waals surface area contributed by atoms with Crippen LogP contribution in [-0.2, 0) is 6.42 Å². The van der Waals surface area contributed by atoms with E-state index in [1.54, 1.807) is 7.11 Å². The van der Waals surface area contributed by atoms with Crippen LogP contribution in [0.3, 0.4) is 0 Å². The fourth-order valence-corrected chi connectivity index (χ4v) is 2.14. The quantitative estimate of drug-likeness (QED) is 0.837. The van der Waals surface area contributed by atoms with Crippen molar-refractivity contribution in [1.29, 1.82) is 0 Å². The van der Waals surface area contributed by atoms with Gasteiger partial charge in [-0.2, -0.15) is 0 Å². The largest absolute Gasteiger partial charge is 0.482 e. The average molecular weight is 217 g/mol. The molecule has 3 heterocycles. The van der Waals surface area contributed by atoms with E-state index in [4.69, 9.17) is 4.74 Å². The van der Waals surface area contributed by atoms with Gasteiger partial charge in [0.2, 0.25) is 0 Å². The molecule has 2 aromatic heterocycles. The average Bonchev–Trinajstić information content (AvgIpc) is 2.66. The van der Waals surface area contributed by atoms with Crippen molar-refractivity contribution in [1.82, 2.24) is 14.7 Å². The Labute approximate surface area is 94.3 Å². The molecular formula is C12H15N3O. The normalized spacial score (nSPS) is 16.3. The summed E-state index contributed by atoms with van der Waals surface area (Å²) < 4.78 is 7.46. The standard InChI is InChI=1S/C12H15N3O/c1-16-12-4-2-3-10-8-14-11(15(10)12)5-9-6-13-7-9/h2-4,8-9,13H,5-7H2,1H3. The van der Waals surface area contributed by atoms with Crippen LogP contribution in [-0.4, -0.2) is 29.6 Å². The van der Waals surface area contributed by atoms with Gasteiger partial charge < -0.3 is 10.1 Å². The van der Waals surface area contributed by atoms with Gasteiger partial charge in [0, 0.05) is 6.42 Å². The van der Waals surface area contributed by atoms with Gasteiger partial charge in [0.15, 0.2) is 5.88 Å². The second-order valence-electron chi connectivity index (χ2n) is 4.23. The zero-order valence-electron chi connectivity index (χ0n) is 9.31. The number of aromatic nitrogens is 2. The van der Waals surface area contributed by atoms with Crippen LogP contribution in [0.25, 0.3) is 5.52 Å². The predicted molar refractivity (Wildman–Crippen MR) is 61.8 cm³/mol. The highest BCUT2D eigenvalue weighted by Crippen LogP contribution is 2.20. The van der Waals surface area contributed by atoms with E-state index in [1.165, 1.54) is 0 Å². The number of methoxy groups -OCH3 is 1. The molecular weight excluding hydrogens is 202 g/mol. The maximum absolute atomic E-state index is 5.37. The minimum atomic E-state index is 0.718. The van der Waals surface area contributed by atoms with E-state index in [9.17, 15) is 0 Å². The van der Waals surface area contributed by atoms with E-state index in [0.717, 1.165) is 42.6 Å². The monoisotopic (exact) mass is 217 g/mol. The Morgan fingerprint density at radius 2 is 2.38 bits per heavy atom. The molecule has 0 spiro atoms. The Morgan fingerprint density at radius 3 is 3.06 bits per heavy atom. The third-order valence-electron chi connectivity index (χ3n) is 3.13. The number of nitrogens with one attached hydrogen (secondary N) is 1. The zero-order chi connectivity index (χ0) is 11.0. The fraction of sp³-hybridized carbons (Fsp3) is 0.417. The molecule has 16 heavy (non-hydrogen) atoms. The molecule has 4 heteroatoms. The second kappa shape index (κ2) is 3.79. The number of imidazole rings is 1. The van der Waals surface area contributed by atoms with Crippen LogP contribution in [0.5, 0.6) is 5.88 Å². The number of hydrogen-bond acceptors (Lipinski definition) is 3. The number of nitrogens with zero attached hydrogens (tertiary/aromatic N) is 2. The van der Waals surface area contributed by atoms with E-state index in [1.807, 2.05) is 18.3 Å². The van der Waals surface area contributed by atoms with Gasteiger partial charge in [-0.1, -0.05) is 6.07 Å². The molecule has 1 fully saturated rings. The lowest BCUT2D eigenvalue weighted by molar-refractivity contribution is 0.336. The van der Waals surface area contributed by atoms with Gasteiger partial charge in [-0.05, 0) is 31.1 Å². The Hall–Kier alpha value is -1.55. The SMILES string of the molecule is COc1cccc2cnc(CC3CNC3)n12. The molecule has 3 rings (SSSR count). The van der Waals surface area contributed by atoms with E-state index in [0.29, 0.717) is 0 Å². The molecule has 0 aliphatic carbocycles. The number of ether oxygens (including phenoxy) is 1. The molecule has 0 aromatic carbocycles. The molecule has 1 aliphatic rings. The van der Waals surface area contributed by atoms with Gasteiger partial charge in [-0.25, -0.2) is 4.98 Å². The lowest BCUT2D eigenvalue weighted by atomic mass is 9.99. The summed E-state index contributed by atoms with van der Waals surface area (Å²) in [5, 5.41) is 3.28. The smallest absolute Gasteiger partial charge is 0.199 e. The summed E-state index contributed by atoms with van der Waals surface area (Å²) in [6.45, 7) is 2.20. The third kappa shape index (κ3) is 1.46. The van der Waals surface area contributed by atoms with Crippen LogP contribution in [0.1, 0.15) is 5.82 Å². The molecule has 1 N–H and O–H groups in total. The number of fused-ring (bicyclic) bond motifs is 1. The van der Waals surface area contributed by atoms with Gasteiger partial charge >= 0.3 is 0 Å². The molecule has 0 radical (unpaired) electrons. The molecule has 4 nitrogen and oxygen atoms in total. The molecule has 1 saturated heterocycles. The summed E-state index contributed by atoms with van der Waals surface area (Å²) in [7, 11) is 1.70. The molecule has 0 amide bonds. The summed E-state index contributed by atoms with van der Waals surface area (Å²) >= 11 is 0. The highest BCUT2D eigenvalue weighted by atomic mass is 16.5. The fourth-order valence-electron chi connectivity index (χ4n) is 2.14. The maximum Gasteiger partial charge on any atom is 0.199 e. The first-order chi connectivity index (χ1) is 7.88. The van der Waals surface area contributed by atoms with Crippen LogP contribution < -0.4 is 10.1 Å². The third-order valence-corrected chi connectivity index (χ3v) is 3.13. The highest BCUT2D eigenvalue weighted by Gasteiger charge is 2.20. The molecule has 2 aromatic rings. The first kappa shape index (κ1) is 9.66. The molecule has 1 aliphatic heterocycles. The van der Waals surface area contributed by atoms with Crippen molar-refractivity contribution in [2.45, 2.75) is 6.42 Å². The van der Waals surface area contributed by atoms with Crippen molar-refractivity contribution in [2.24, 2.45) is 5.92 Å². The second-order valence-corrected chi connectivity index (χ2v) is 4.23. The minimum Gasteiger partial charge on any atom is -0.482 e. The molecule has 0 atom stereocenters. The van der Waals surface area contributed by atoms with Crippen molar-refractivity contribution in [3.63, 3.8) is 0 Å². The van der Waals surface area contributed by atoms with Crippen molar-refractivity contribution >= 4 is 5.52 Å². The van der Waals surface area contributed by atoms with Crippen LogP contribution in [0.2, 0.25) is 0 Å². The minimum absolute atomic E-state index is 0.718. The Morgan fingerprint density at radius 1 is 1.50 bits per heavy atom. The zero-order valence-corrected chi connectivity index (χ0v) is 9.31. The first-order valence-electron chi connectivity index (χ1n) is 5.58. The highest BCUT2D eigenvalue weighted by molar-refractivity contribution is 5.49. The van der Waals surface area contributed by atoms with E-state index in [2.05, 4.69) is 20.8 Å². The summed E-state index contributed by atoms with van der Waals surface area (Å²) in [5.74, 6) is 2.67. The summed E-state index contributed by atoms with van der Waals surface area (Å²) in [6.07, 6.45) is 2.92. The summed E-state index contributed by atoms with van der Waals surface area (Å²) in [4.78, 5) is 4.48. The Bertz CT molecular complexity index is 502. The number of rotatable bonds is 3. The molecule has 0 saturated carbocycles. The van der Waals surface area contributed by atoms with Crippen molar-refractivity contribution in [2.75, 3.05) is 20.2 Å². The van der Waals surface area contributed by atoms with E-state index >= 15 is 0 Å². The molecule has 84 valence electrons. The summed E-state index contributed by atoms with van der Waals surface area (Å²) in [6, 6.07) is 6.01. The van der Waals surface area contributed by atoms with Gasteiger partial charge in [0.1, 0.15) is 5.82 Å².